The van der Waals surface area contributed by atoms with Crippen LogP contribution < -0.4 is 5.32 Å². The Hall–Kier alpha value is -1.66. The molecule has 0 aliphatic heterocycles. The van der Waals surface area contributed by atoms with Gasteiger partial charge in [0.15, 0.2) is 0 Å². The van der Waals surface area contributed by atoms with E-state index < -0.39 is 12.1 Å². The van der Waals surface area contributed by atoms with Crippen LogP contribution >= 0.6 is 0 Å². The van der Waals surface area contributed by atoms with E-state index in [2.05, 4.69) is 15.0 Å². The minimum absolute atomic E-state index is 0.303. The lowest BCUT2D eigenvalue weighted by Crippen LogP contribution is -2.18. The summed E-state index contributed by atoms with van der Waals surface area (Å²) in [6.45, 7) is 0.847. The summed E-state index contributed by atoms with van der Waals surface area (Å²) in [5.41, 5.74) is 0.437. The van der Waals surface area contributed by atoms with E-state index in [1.165, 1.54) is 20.4 Å². The Labute approximate surface area is 106 Å². The molecule has 1 unspecified atom stereocenters. The molecule has 2 N–H and O–H groups in total. The summed E-state index contributed by atoms with van der Waals surface area (Å²) in [6, 6.07) is 3.19. The minimum atomic E-state index is -0.508. The molecule has 1 rings (SSSR count). The van der Waals surface area contributed by atoms with Crippen molar-refractivity contribution in [1.29, 1.82) is 0 Å². The maximum atomic E-state index is 11.3. The first-order valence-electron chi connectivity index (χ1n) is 5.62. The zero-order valence-corrected chi connectivity index (χ0v) is 10.5. The lowest BCUT2D eigenvalue weighted by molar-refractivity contribution is 0.0599. The smallest absolute Gasteiger partial charge is 0.338 e. The molecule has 0 fully saturated rings. The number of aromatic nitrogens is 1. The molecule has 1 heterocycles. The summed E-state index contributed by atoms with van der Waals surface area (Å²) < 4.78 is 9.43. The molecule has 6 heteroatoms. The van der Waals surface area contributed by atoms with Gasteiger partial charge in [-0.15, -0.1) is 0 Å². The van der Waals surface area contributed by atoms with Crippen molar-refractivity contribution in [3.63, 3.8) is 0 Å². The molecular formula is C12H18N2O4. The average Bonchev–Trinajstić information content (AvgIpc) is 2.38. The number of aliphatic hydroxyl groups is 1. The molecular weight excluding hydrogens is 236 g/mol. The Morgan fingerprint density at radius 2 is 2.33 bits per heavy atom. The fourth-order valence-corrected chi connectivity index (χ4v) is 1.41. The minimum Gasteiger partial charge on any atom is -0.465 e. The van der Waals surface area contributed by atoms with Crippen molar-refractivity contribution in [2.24, 2.45) is 0 Å². The quantitative estimate of drug-likeness (QED) is 0.696. The number of aliphatic hydroxyl groups excluding tert-OH is 1. The number of pyridine rings is 1. The highest BCUT2D eigenvalue weighted by atomic mass is 16.5. The fourth-order valence-electron chi connectivity index (χ4n) is 1.41. The molecule has 100 valence electrons. The van der Waals surface area contributed by atoms with Crippen molar-refractivity contribution < 1.29 is 19.4 Å². The van der Waals surface area contributed by atoms with E-state index in [-0.39, 0.29) is 0 Å². The van der Waals surface area contributed by atoms with Crippen molar-refractivity contribution in [3.8, 4) is 0 Å². The van der Waals surface area contributed by atoms with Gasteiger partial charge in [-0.1, -0.05) is 0 Å². The van der Waals surface area contributed by atoms with Gasteiger partial charge in [-0.05, 0) is 18.6 Å². The number of hydrogen-bond donors (Lipinski definition) is 2. The van der Waals surface area contributed by atoms with Gasteiger partial charge in [0.2, 0.25) is 0 Å². The third kappa shape index (κ3) is 4.68. The second-order valence-corrected chi connectivity index (χ2v) is 3.75. The summed E-state index contributed by atoms with van der Waals surface area (Å²) in [4.78, 5) is 15.4. The number of nitrogens with zero attached hydrogens (tertiary/aromatic N) is 1. The van der Waals surface area contributed by atoms with Crippen molar-refractivity contribution >= 4 is 11.8 Å². The predicted molar refractivity (Wildman–Crippen MR) is 66.6 cm³/mol. The lowest BCUT2D eigenvalue weighted by Gasteiger charge is -2.10. The summed E-state index contributed by atoms with van der Waals surface area (Å²) in [6.07, 6.45) is 1.56. The van der Waals surface area contributed by atoms with E-state index in [1.54, 1.807) is 12.1 Å². The molecule has 0 saturated heterocycles. The van der Waals surface area contributed by atoms with Crippen LogP contribution in [0.5, 0.6) is 0 Å². The van der Waals surface area contributed by atoms with Crippen LogP contribution in [0.15, 0.2) is 18.3 Å². The van der Waals surface area contributed by atoms with Crippen LogP contribution in [0.2, 0.25) is 0 Å². The van der Waals surface area contributed by atoms with Crippen molar-refractivity contribution in [2.75, 3.05) is 32.7 Å². The second-order valence-electron chi connectivity index (χ2n) is 3.75. The van der Waals surface area contributed by atoms with Crippen LogP contribution in [0.25, 0.3) is 0 Å². The number of hydrogen-bond acceptors (Lipinski definition) is 6. The summed E-state index contributed by atoms with van der Waals surface area (Å²) in [5, 5.41) is 12.5. The second kappa shape index (κ2) is 7.62. The van der Waals surface area contributed by atoms with Crippen molar-refractivity contribution in [3.05, 3.63) is 23.9 Å². The van der Waals surface area contributed by atoms with Crippen LogP contribution in [0.3, 0.4) is 0 Å². The largest absolute Gasteiger partial charge is 0.465 e. The van der Waals surface area contributed by atoms with Crippen LogP contribution in [-0.4, -0.2) is 49.5 Å². The monoisotopic (exact) mass is 254 g/mol. The number of carbonyl (C=O) groups excluding carboxylic acids is 1. The van der Waals surface area contributed by atoms with Gasteiger partial charge in [0.25, 0.3) is 0 Å². The normalized spacial score (nSPS) is 11.9. The highest BCUT2D eigenvalue weighted by Gasteiger charge is 2.07. The Kier molecular flexibility index (Phi) is 6.10. The molecule has 0 spiro atoms. The highest BCUT2D eigenvalue weighted by molar-refractivity contribution is 5.89. The van der Waals surface area contributed by atoms with E-state index >= 15 is 0 Å². The standard InChI is InChI=1S/C12H18N2O4/c1-17-8-10(15)4-6-14-11-7-9(3-5-13-11)12(16)18-2/h3,5,7,10,15H,4,6,8H2,1-2H3,(H,13,14). The number of nitrogens with one attached hydrogen (secondary N) is 1. The van der Waals surface area contributed by atoms with Crippen LogP contribution in [0, 0.1) is 0 Å². The number of rotatable bonds is 7. The first kappa shape index (κ1) is 14.4. The Bertz CT molecular complexity index is 384. The number of ether oxygens (including phenoxy) is 2. The molecule has 0 bridgehead atoms. The molecule has 18 heavy (non-hydrogen) atoms. The average molecular weight is 254 g/mol. The van der Waals surface area contributed by atoms with Gasteiger partial charge in [0, 0.05) is 19.9 Å². The maximum Gasteiger partial charge on any atom is 0.338 e. The first-order chi connectivity index (χ1) is 8.67. The van der Waals surface area contributed by atoms with Crippen molar-refractivity contribution in [1.82, 2.24) is 4.98 Å². The maximum absolute atomic E-state index is 11.3. The zero-order valence-electron chi connectivity index (χ0n) is 10.5. The lowest BCUT2D eigenvalue weighted by atomic mass is 10.2. The van der Waals surface area contributed by atoms with Crippen molar-refractivity contribution in [2.45, 2.75) is 12.5 Å². The molecule has 0 aliphatic rings. The third-order valence-corrected chi connectivity index (χ3v) is 2.32. The molecule has 1 aromatic rings. The number of carbonyl (C=O) groups is 1. The topological polar surface area (TPSA) is 80.7 Å². The van der Waals surface area contributed by atoms with Gasteiger partial charge < -0.3 is 19.9 Å². The van der Waals surface area contributed by atoms with Gasteiger partial charge in [-0.3, -0.25) is 0 Å². The first-order valence-corrected chi connectivity index (χ1v) is 5.62. The Morgan fingerprint density at radius 1 is 1.56 bits per heavy atom. The van der Waals surface area contributed by atoms with E-state index in [4.69, 9.17) is 4.74 Å². The third-order valence-electron chi connectivity index (χ3n) is 2.32. The molecule has 0 aromatic carbocycles. The molecule has 0 radical (unpaired) electrons. The van der Waals surface area contributed by atoms with E-state index in [1.807, 2.05) is 0 Å². The number of esters is 1. The van der Waals surface area contributed by atoms with Crippen LogP contribution in [0.4, 0.5) is 5.82 Å². The van der Waals surface area contributed by atoms with Gasteiger partial charge in [-0.25, -0.2) is 9.78 Å². The van der Waals surface area contributed by atoms with Gasteiger partial charge in [0.05, 0.1) is 25.4 Å². The molecule has 1 atom stereocenters. The number of methoxy groups -OCH3 is 2. The van der Waals surface area contributed by atoms with E-state index in [9.17, 15) is 9.90 Å². The molecule has 0 amide bonds. The Balaban J connectivity index is 2.45. The SMILES string of the molecule is COCC(O)CCNc1cc(C(=O)OC)ccn1. The summed E-state index contributed by atoms with van der Waals surface area (Å²) >= 11 is 0. The molecule has 0 saturated carbocycles. The Morgan fingerprint density at radius 3 is 3.00 bits per heavy atom. The molecule has 0 aliphatic carbocycles. The fraction of sp³-hybridized carbons (Fsp3) is 0.500. The molecule has 1 aromatic heterocycles. The zero-order chi connectivity index (χ0) is 13.4. The van der Waals surface area contributed by atoms with Gasteiger partial charge in [0.1, 0.15) is 5.82 Å². The van der Waals surface area contributed by atoms with Gasteiger partial charge in [-0.2, -0.15) is 0 Å². The number of anilines is 1. The van der Waals surface area contributed by atoms with Gasteiger partial charge >= 0.3 is 5.97 Å². The van der Waals surface area contributed by atoms with Crippen LogP contribution in [0.1, 0.15) is 16.8 Å². The predicted octanol–water partition coefficient (Wildman–Crippen LogP) is 0.677. The summed E-state index contributed by atoms with van der Waals surface area (Å²) in [5.74, 6) is 0.169. The highest BCUT2D eigenvalue weighted by Crippen LogP contribution is 2.08. The van der Waals surface area contributed by atoms with E-state index in [0.29, 0.717) is 31.0 Å². The van der Waals surface area contributed by atoms with Crippen LogP contribution in [-0.2, 0) is 9.47 Å². The molecule has 6 nitrogen and oxygen atoms in total. The van der Waals surface area contributed by atoms with E-state index in [0.717, 1.165) is 0 Å². The summed E-state index contributed by atoms with van der Waals surface area (Å²) in [7, 11) is 2.87.